The van der Waals surface area contributed by atoms with E-state index < -0.39 is 0 Å². The van der Waals surface area contributed by atoms with E-state index in [1.165, 1.54) is 17.8 Å². The van der Waals surface area contributed by atoms with Crippen molar-refractivity contribution in [2.75, 3.05) is 10.6 Å². The highest BCUT2D eigenvalue weighted by Crippen LogP contribution is 2.30. The van der Waals surface area contributed by atoms with Crippen molar-refractivity contribution in [3.05, 3.63) is 54.1 Å². The highest BCUT2D eigenvalue weighted by Gasteiger charge is 2.22. The van der Waals surface area contributed by atoms with E-state index in [1.807, 2.05) is 36.4 Å². The molecule has 0 spiro atoms. The third-order valence-corrected chi connectivity index (χ3v) is 5.84. The molecule has 1 aliphatic rings. The lowest BCUT2D eigenvalue weighted by atomic mass is 9.89. The summed E-state index contributed by atoms with van der Waals surface area (Å²) in [5.74, 6) is 0.0221. The number of anilines is 2. The van der Waals surface area contributed by atoms with Crippen LogP contribution in [0.15, 0.2) is 48.5 Å². The van der Waals surface area contributed by atoms with E-state index in [0.29, 0.717) is 16.4 Å². The SMILES string of the molecule is O=C(Nc1ccc2sc(NC(=O)C3CCCCC3)nc2c1)c1ccccc1. The molecular weight excluding hydrogens is 358 g/mol. The largest absolute Gasteiger partial charge is 0.322 e. The van der Waals surface area contributed by atoms with Gasteiger partial charge in [0.1, 0.15) is 0 Å². The van der Waals surface area contributed by atoms with Crippen molar-refractivity contribution in [2.45, 2.75) is 32.1 Å². The Hall–Kier alpha value is -2.73. The molecule has 2 aromatic carbocycles. The van der Waals surface area contributed by atoms with Crippen LogP contribution in [0.1, 0.15) is 42.5 Å². The van der Waals surface area contributed by atoms with Gasteiger partial charge in [-0.1, -0.05) is 48.8 Å². The van der Waals surface area contributed by atoms with Crippen molar-refractivity contribution in [3.8, 4) is 0 Å². The van der Waals surface area contributed by atoms with Gasteiger partial charge in [-0.3, -0.25) is 9.59 Å². The highest BCUT2D eigenvalue weighted by molar-refractivity contribution is 7.22. The summed E-state index contributed by atoms with van der Waals surface area (Å²) in [5, 5.41) is 6.48. The van der Waals surface area contributed by atoms with E-state index >= 15 is 0 Å². The first-order valence-electron chi connectivity index (χ1n) is 9.27. The first-order valence-corrected chi connectivity index (χ1v) is 10.1. The number of fused-ring (bicyclic) bond motifs is 1. The molecule has 27 heavy (non-hydrogen) atoms. The van der Waals surface area contributed by atoms with Crippen LogP contribution < -0.4 is 10.6 Å². The number of hydrogen-bond donors (Lipinski definition) is 2. The van der Waals surface area contributed by atoms with Crippen LogP contribution in [0, 0.1) is 5.92 Å². The minimum atomic E-state index is -0.156. The summed E-state index contributed by atoms with van der Waals surface area (Å²) in [7, 11) is 0. The molecule has 2 N–H and O–H groups in total. The zero-order valence-electron chi connectivity index (χ0n) is 14.9. The molecule has 4 rings (SSSR count). The van der Waals surface area contributed by atoms with Gasteiger partial charge in [0, 0.05) is 17.2 Å². The number of thiazole rings is 1. The van der Waals surface area contributed by atoms with Crippen molar-refractivity contribution < 1.29 is 9.59 Å². The normalized spacial score (nSPS) is 14.8. The lowest BCUT2D eigenvalue weighted by Crippen LogP contribution is -2.24. The third-order valence-electron chi connectivity index (χ3n) is 4.89. The average molecular weight is 379 g/mol. The topological polar surface area (TPSA) is 71.1 Å². The van der Waals surface area contributed by atoms with Crippen LogP contribution in [0.2, 0.25) is 0 Å². The quantitative estimate of drug-likeness (QED) is 0.665. The van der Waals surface area contributed by atoms with Gasteiger partial charge in [-0.05, 0) is 43.2 Å². The maximum atomic E-state index is 12.4. The van der Waals surface area contributed by atoms with Gasteiger partial charge in [-0.25, -0.2) is 4.98 Å². The van der Waals surface area contributed by atoms with E-state index in [-0.39, 0.29) is 17.7 Å². The molecule has 138 valence electrons. The summed E-state index contributed by atoms with van der Waals surface area (Å²) in [6.45, 7) is 0. The van der Waals surface area contributed by atoms with Gasteiger partial charge in [0.15, 0.2) is 5.13 Å². The first-order chi connectivity index (χ1) is 13.2. The number of nitrogens with zero attached hydrogens (tertiary/aromatic N) is 1. The van der Waals surface area contributed by atoms with Crippen LogP contribution >= 0.6 is 11.3 Å². The Bertz CT molecular complexity index is 962. The summed E-state index contributed by atoms with van der Waals surface area (Å²) in [6, 6.07) is 14.7. The molecular formula is C21H21N3O2S. The number of carbonyl (C=O) groups excluding carboxylic acids is 2. The van der Waals surface area contributed by atoms with Crippen molar-refractivity contribution in [1.29, 1.82) is 0 Å². The van der Waals surface area contributed by atoms with Crippen molar-refractivity contribution in [3.63, 3.8) is 0 Å². The summed E-state index contributed by atoms with van der Waals surface area (Å²) in [5.41, 5.74) is 2.06. The summed E-state index contributed by atoms with van der Waals surface area (Å²) < 4.78 is 0.978. The summed E-state index contributed by atoms with van der Waals surface area (Å²) in [4.78, 5) is 29.2. The second kappa shape index (κ2) is 7.88. The fourth-order valence-corrected chi connectivity index (χ4v) is 4.27. The monoisotopic (exact) mass is 379 g/mol. The Kier molecular flexibility index (Phi) is 5.16. The Morgan fingerprint density at radius 3 is 2.52 bits per heavy atom. The van der Waals surface area contributed by atoms with E-state index in [0.717, 1.165) is 35.9 Å². The molecule has 1 heterocycles. The average Bonchev–Trinajstić information content (AvgIpc) is 3.10. The number of carbonyl (C=O) groups is 2. The Morgan fingerprint density at radius 2 is 1.74 bits per heavy atom. The van der Waals surface area contributed by atoms with Crippen molar-refractivity contribution in [2.24, 2.45) is 5.92 Å². The second-order valence-corrected chi connectivity index (χ2v) is 7.88. The highest BCUT2D eigenvalue weighted by atomic mass is 32.1. The minimum absolute atomic E-state index is 0.0753. The Labute approximate surface area is 161 Å². The van der Waals surface area contributed by atoms with Gasteiger partial charge in [-0.2, -0.15) is 0 Å². The molecule has 0 saturated heterocycles. The molecule has 0 atom stereocenters. The number of aromatic nitrogens is 1. The second-order valence-electron chi connectivity index (χ2n) is 6.85. The molecule has 1 fully saturated rings. The van der Waals surface area contributed by atoms with Crippen LogP contribution in [-0.2, 0) is 4.79 Å². The number of benzene rings is 2. The Balaban J connectivity index is 1.46. The van der Waals surface area contributed by atoms with Gasteiger partial charge in [0.2, 0.25) is 5.91 Å². The van der Waals surface area contributed by atoms with Gasteiger partial charge in [0.05, 0.1) is 10.2 Å². The first kappa shape index (κ1) is 17.7. The number of amides is 2. The van der Waals surface area contributed by atoms with Crippen molar-refractivity contribution >= 4 is 44.2 Å². The van der Waals surface area contributed by atoms with Gasteiger partial charge in [-0.15, -0.1) is 0 Å². The number of hydrogen-bond acceptors (Lipinski definition) is 4. The molecule has 6 heteroatoms. The third kappa shape index (κ3) is 4.17. The summed E-state index contributed by atoms with van der Waals surface area (Å²) in [6.07, 6.45) is 5.41. The lowest BCUT2D eigenvalue weighted by Gasteiger charge is -2.19. The zero-order chi connectivity index (χ0) is 18.6. The predicted molar refractivity (Wildman–Crippen MR) is 109 cm³/mol. The maximum Gasteiger partial charge on any atom is 0.255 e. The molecule has 1 saturated carbocycles. The van der Waals surface area contributed by atoms with E-state index in [4.69, 9.17) is 0 Å². The fraction of sp³-hybridized carbons (Fsp3) is 0.286. The van der Waals surface area contributed by atoms with Crippen molar-refractivity contribution in [1.82, 2.24) is 4.98 Å². The van der Waals surface area contributed by atoms with Crippen LogP contribution in [0.5, 0.6) is 0 Å². The molecule has 0 unspecified atom stereocenters. The van der Waals surface area contributed by atoms with Crippen LogP contribution in [0.3, 0.4) is 0 Å². The van der Waals surface area contributed by atoms with Crippen LogP contribution in [0.25, 0.3) is 10.2 Å². The smallest absolute Gasteiger partial charge is 0.255 e. The standard InChI is InChI=1S/C21H21N3O2S/c25-19(14-7-3-1-4-8-14)22-16-11-12-18-17(13-16)23-21(27-18)24-20(26)15-9-5-2-6-10-15/h1,3-4,7-8,11-13,15H,2,5-6,9-10H2,(H,22,25)(H,23,24,26). The molecule has 1 aromatic heterocycles. The van der Waals surface area contributed by atoms with E-state index in [1.54, 1.807) is 12.1 Å². The molecule has 5 nitrogen and oxygen atoms in total. The predicted octanol–water partition coefficient (Wildman–Crippen LogP) is 5.07. The van der Waals surface area contributed by atoms with Gasteiger partial charge < -0.3 is 10.6 Å². The fourth-order valence-electron chi connectivity index (χ4n) is 3.42. The Morgan fingerprint density at radius 1 is 0.963 bits per heavy atom. The van der Waals surface area contributed by atoms with E-state index in [9.17, 15) is 9.59 Å². The van der Waals surface area contributed by atoms with E-state index in [2.05, 4.69) is 15.6 Å². The molecule has 2 amide bonds. The number of nitrogens with one attached hydrogen (secondary N) is 2. The molecule has 0 aliphatic heterocycles. The molecule has 1 aliphatic carbocycles. The molecule has 3 aromatic rings. The summed E-state index contributed by atoms with van der Waals surface area (Å²) >= 11 is 1.46. The minimum Gasteiger partial charge on any atom is -0.322 e. The lowest BCUT2D eigenvalue weighted by molar-refractivity contribution is -0.120. The van der Waals surface area contributed by atoms with Gasteiger partial charge in [0.25, 0.3) is 5.91 Å². The van der Waals surface area contributed by atoms with Gasteiger partial charge >= 0.3 is 0 Å². The van der Waals surface area contributed by atoms with Crippen LogP contribution in [-0.4, -0.2) is 16.8 Å². The molecule has 0 radical (unpaired) electrons. The molecule has 0 bridgehead atoms. The maximum absolute atomic E-state index is 12.4. The number of rotatable bonds is 4. The zero-order valence-corrected chi connectivity index (χ0v) is 15.7. The van der Waals surface area contributed by atoms with Crippen LogP contribution in [0.4, 0.5) is 10.8 Å².